The number of pyridine rings is 1. The van der Waals surface area contributed by atoms with E-state index in [-0.39, 0.29) is 23.6 Å². The van der Waals surface area contributed by atoms with Gasteiger partial charge >= 0.3 is 15.6 Å². The van der Waals surface area contributed by atoms with Crippen molar-refractivity contribution in [2.45, 2.75) is 51.3 Å². The first kappa shape index (κ1) is 26.0. The molecule has 1 N–H and O–H groups in total. The molecule has 0 atom stereocenters. The average molecular weight is 518 g/mol. The zero-order valence-corrected chi connectivity index (χ0v) is 21.0. The number of aryl methyl sites for hydroxylation is 1. The number of hydrogen-bond acceptors (Lipinski definition) is 7. The van der Waals surface area contributed by atoms with Gasteiger partial charge < -0.3 is 14.0 Å². The third-order valence-electron chi connectivity index (χ3n) is 5.03. The van der Waals surface area contributed by atoms with Gasteiger partial charge in [-0.05, 0) is 42.3 Å². The van der Waals surface area contributed by atoms with Gasteiger partial charge in [0, 0.05) is 20.2 Å². The van der Waals surface area contributed by atoms with Crippen molar-refractivity contribution in [2.75, 3.05) is 6.61 Å². The lowest BCUT2D eigenvalue weighted by molar-refractivity contribution is -0.0500. The molecule has 13 heteroatoms. The summed E-state index contributed by atoms with van der Waals surface area (Å²) in [6.45, 7) is 8.93. The first-order valence-corrected chi connectivity index (χ1v) is 15.6. The fourth-order valence-electron chi connectivity index (χ4n) is 3.15. The summed E-state index contributed by atoms with van der Waals surface area (Å²) < 4.78 is 74.0. The second-order valence-corrected chi connectivity index (χ2v) is 16.1. The van der Waals surface area contributed by atoms with E-state index in [1.807, 2.05) is 6.92 Å². The molecule has 0 bridgehead atoms. The van der Waals surface area contributed by atoms with Gasteiger partial charge in [0.2, 0.25) is 5.88 Å². The summed E-state index contributed by atoms with van der Waals surface area (Å²) in [5.74, 6) is -0.730. The Labute approximate surface area is 196 Å². The van der Waals surface area contributed by atoms with Gasteiger partial charge in [0.25, 0.3) is 0 Å². The van der Waals surface area contributed by atoms with Gasteiger partial charge in [0.1, 0.15) is 12.5 Å². The number of phenols is 1. The Morgan fingerprint density at radius 1 is 1.18 bits per heavy atom. The summed E-state index contributed by atoms with van der Waals surface area (Å²) in [6.07, 6.45) is 1.67. The number of benzene rings is 1. The van der Waals surface area contributed by atoms with E-state index in [0.29, 0.717) is 29.7 Å². The molecule has 0 saturated carbocycles. The Hall–Kier alpha value is -2.64. The summed E-state index contributed by atoms with van der Waals surface area (Å²) in [7, 11) is -7.29. The molecule has 0 aliphatic carbocycles. The minimum absolute atomic E-state index is 0.0119. The number of aromatic nitrogens is 3. The van der Waals surface area contributed by atoms with Crippen molar-refractivity contribution in [1.29, 1.82) is 0 Å². The minimum atomic E-state index is -5.96. The fourth-order valence-corrected chi connectivity index (χ4v) is 4.34. The van der Waals surface area contributed by atoms with Crippen LogP contribution in [0.2, 0.25) is 25.7 Å². The van der Waals surface area contributed by atoms with Gasteiger partial charge in [0.15, 0.2) is 0 Å². The lowest BCUT2D eigenvalue weighted by atomic mass is 10.0. The molecule has 0 unspecified atom stereocenters. The normalized spacial score (nSPS) is 12.9. The molecule has 186 valence electrons. The molecule has 8 nitrogen and oxygen atoms in total. The number of fused-ring (bicyclic) bond motifs is 1. The Kier molecular flexibility index (Phi) is 7.29. The highest BCUT2D eigenvalue weighted by Gasteiger charge is 2.49. The van der Waals surface area contributed by atoms with Crippen molar-refractivity contribution >= 4 is 29.1 Å². The predicted octanol–water partition coefficient (Wildman–Crippen LogP) is 4.91. The lowest BCUT2D eigenvalue weighted by Gasteiger charge is -2.16. The van der Waals surface area contributed by atoms with Crippen LogP contribution >= 0.6 is 0 Å². The number of aromatic hydroxyl groups is 1. The van der Waals surface area contributed by atoms with E-state index < -0.39 is 29.6 Å². The molecule has 0 fully saturated rings. The van der Waals surface area contributed by atoms with E-state index in [9.17, 15) is 26.7 Å². The Balaban J connectivity index is 2.10. The van der Waals surface area contributed by atoms with Crippen LogP contribution in [0.5, 0.6) is 11.6 Å². The van der Waals surface area contributed by atoms with Crippen LogP contribution in [0.1, 0.15) is 12.5 Å². The van der Waals surface area contributed by atoms with Crippen LogP contribution in [0, 0.1) is 0 Å². The van der Waals surface area contributed by atoms with Gasteiger partial charge in [-0.3, -0.25) is 0 Å². The van der Waals surface area contributed by atoms with Crippen LogP contribution in [0.25, 0.3) is 22.2 Å². The molecule has 2 heterocycles. The van der Waals surface area contributed by atoms with Gasteiger partial charge in [-0.1, -0.05) is 26.6 Å². The summed E-state index contributed by atoms with van der Waals surface area (Å²) in [4.78, 5) is 4.08. The average Bonchev–Trinajstić information content (AvgIpc) is 3.12. The van der Waals surface area contributed by atoms with Crippen LogP contribution in [-0.2, 0) is 28.0 Å². The van der Waals surface area contributed by atoms with Crippen molar-refractivity contribution in [3.63, 3.8) is 0 Å². The number of hydrogen-bond donors (Lipinski definition) is 1. The van der Waals surface area contributed by atoms with Gasteiger partial charge in [-0.15, -0.1) is 0 Å². The maximum absolute atomic E-state index is 13.0. The molecule has 0 radical (unpaired) electrons. The maximum Gasteiger partial charge on any atom is 0.534 e. The molecule has 3 aromatic rings. The lowest BCUT2D eigenvalue weighted by Crippen LogP contribution is -2.28. The number of nitrogens with zero attached hydrogens (tertiary/aromatic N) is 3. The molecule has 34 heavy (non-hydrogen) atoms. The summed E-state index contributed by atoms with van der Waals surface area (Å²) in [5, 5.41) is 13.9. The molecule has 1 aromatic carbocycles. The van der Waals surface area contributed by atoms with Crippen molar-refractivity contribution in [1.82, 2.24) is 14.8 Å². The second kappa shape index (κ2) is 9.54. The van der Waals surface area contributed by atoms with Crippen LogP contribution in [0.15, 0.2) is 30.5 Å². The highest BCUT2D eigenvalue weighted by Crippen LogP contribution is 2.35. The Morgan fingerprint density at radius 3 is 2.50 bits per heavy atom. The van der Waals surface area contributed by atoms with E-state index in [1.54, 1.807) is 12.1 Å². The molecule has 2 aromatic heterocycles. The van der Waals surface area contributed by atoms with E-state index in [4.69, 9.17) is 4.74 Å². The molecular weight excluding hydrogens is 491 g/mol. The SMILES string of the molecule is CCc1cc(O)ccc1-c1cc2c(cnn2COCC[Si](C)(C)C)c(OS(=O)(=O)C(F)(F)F)n1. The molecule has 0 saturated heterocycles. The summed E-state index contributed by atoms with van der Waals surface area (Å²) >= 11 is 0. The zero-order chi connectivity index (χ0) is 25.3. The summed E-state index contributed by atoms with van der Waals surface area (Å²) in [6, 6.07) is 6.94. The van der Waals surface area contributed by atoms with Gasteiger partial charge in [0.05, 0.1) is 22.8 Å². The van der Waals surface area contributed by atoms with Crippen LogP contribution in [0.4, 0.5) is 13.2 Å². The number of rotatable bonds is 9. The maximum atomic E-state index is 13.0. The van der Waals surface area contributed by atoms with Crippen LogP contribution in [-0.4, -0.2) is 48.5 Å². The molecule has 0 spiro atoms. The van der Waals surface area contributed by atoms with E-state index >= 15 is 0 Å². The zero-order valence-electron chi connectivity index (χ0n) is 19.2. The van der Waals surface area contributed by atoms with Crippen LogP contribution in [0.3, 0.4) is 0 Å². The standard InChI is InChI=1S/C21H26F3N3O5SSi/c1-5-14-10-15(28)6-7-16(14)18-11-19-17(20(26-18)32-33(29,30)21(22,23)24)12-25-27(19)13-31-8-9-34(2,3)4/h6-7,10-12,28H,5,8-9,13H2,1-4H3. The molecular formula is C21H26F3N3O5SSi. The van der Waals surface area contributed by atoms with Gasteiger partial charge in [-0.2, -0.15) is 26.7 Å². The minimum Gasteiger partial charge on any atom is -0.508 e. The number of halogens is 3. The smallest absolute Gasteiger partial charge is 0.508 e. The van der Waals surface area contributed by atoms with Crippen molar-refractivity contribution in [2.24, 2.45) is 0 Å². The highest BCUT2D eigenvalue weighted by atomic mass is 32.2. The van der Waals surface area contributed by atoms with E-state index in [0.717, 1.165) is 6.04 Å². The topological polar surface area (TPSA) is 104 Å². The first-order valence-electron chi connectivity index (χ1n) is 10.5. The first-order chi connectivity index (χ1) is 15.7. The molecule has 0 aliphatic heterocycles. The van der Waals surface area contributed by atoms with Crippen molar-refractivity contribution < 1.29 is 35.6 Å². The molecule has 3 rings (SSSR count). The van der Waals surface area contributed by atoms with E-state index in [2.05, 4.69) is 33.9 Å². The largest absolute Gasteiger partial charge is 0.534 e. The van der Waals surface area contributed by atoms with Crippen LogP contribution < -0.4 is 4.18 Å². The number of alkyl halides is 3. The van der Waals surface area contributed by atoms with E-state index in [1.165, 1.54) is 23.0 Å². The second-order valence-electron chi connectivity index (χ2n) is 8.92. The van der Waals surface area contributed by atoms with Gasteiger partial charge in [-0.25, -0.2) is 9.67 Å². The molecule has 0 aliphatic rings. The quantitative estimate of drug-likeness (QED) is 0.186. The predicted molar refractivity (Wildman–Crippen MR) is 124 cm³/mol. The van der Waals surface area contributed by atoms with Crippen molar-refractivity contribution in [3.8, 4) is 22.9 Å². The third kappa shape index (κ3) is 5.88. The third-order valence-corrected chi connectivity index (χ3v) is 7.68. The fraction of sp³-hybridized carbons (Fsp3) is 0.429. The number of ether oxygens (including phenoxy) is 1. The highest BCUT2D eigenvalue weighted by molar-refractivity contribution is 7.88. The Bertz CT molecular complexity index is 1290. The number of phenolic OH excluding ortho intramolecular Hbond substituents is 1. The Morgan fingerprint density at radius 2 is 1.88 bits per heavy atom. The summed E-state index contributed by atoms with van der Waals surface area (Å²) in [5.41, 5.74) is -4.00. The molecule has 0 amide bonds. The monoisotopic (exact) mass is 517 g/mol. The van der Waals surface area contributed by atoms with Crippen molar-refractivity contribution in [3.05, 3.63) is 36.0 Å².